The fourth-order valence-corrected chi connectivity index (χ4v) is 3.54. The third-order valence-electron chi connectivity index (χ3n) is 5.09. The van der Waals surface area contributed by atoms with Gasteiger partial charge in [0.05, 0.1) is 12.2 Å². The van der Waals surface area contributed by atoms with Gasteiger partial charge in [0.25, 0.3) is 12.4 Å². The molecule has 1 aliphatic rings. The minimum absolute atomic E-state index is 0.00418. The predicted octanol–water partition coefficient (Wildman–Crippen LogP) is 1.28. The van der Waals surface area contributed by atoms with Gasteiger partial charge in [-0.1, -0.05) is 30.3 Å². The minimum Gasteiger partial charge on any atom is -0.483 e. The molecule has 3 heterocycles. The molecule has 0 aliphatic carbocycles. The SMILES string of the molecule is Cn1ccc(=O)c(OCc2ccccc2)c1C(=O)N1CCc2c(C(=O)O)n[nH]c2C1.O=CO. The Morgan fingerprint density at radius 1 is 1.24 bits per heavy atom. The van der Waals surface area contributed by atoms with Crippen LogP contribution in [0, 0.1) is 0 Å². The molecule has 1 amide bonds. The summed E-state index contributed by atoms with van der Waals surface area (Å²) in [5.74, 6) is -1.47. The predicted molar refractivity (Wildman–Crippen MR) is 115 cm³/mol. The molecule has 2 aromatic heterocycles. The minimum atomic E-state index is -1.10. The van der Waals surface area contributed by atoms with E-state index in [2.05, 4.69) is 10.2 Å². The third-order valence-corrected chi connectivity index (χ3v) is 5.09. The van der Waals surface area contributed by atoms with E-state index in [0.29, 0.717) is 24.2 Å². The number of aromatic amines is 1. The number of hydrogen-bond donors (Lipinski definition) is 3. The van der Waals surface area contributed by atoms with Gasteiger partial charge >= 0.3 is 5.97 Å². The van der Waals surface area contributed by atoms with Crippen molar-refractivity contribution in [2.24, 2.45) is 7.05 Å². The molecule has 0 saturated heterocycles. The number of aromatic nitrogens is 3. The number of carbonyl (C=O) groups is 3. The highest BCUT2D eigenvalue weighted by Gasteiger charge is 2.30. The van der Waals surface area contributed by atoms with Crippen molar-refractivity contribution in [1.82, 2.24) is 19.7 Å². The summed E-state index contributed by atoms with van der Waals surface area (Å²) in [6.45, 7) is 0.398. The van der Waals surface area contributed by atoms with Crippen molar-refractivity contribution >= 4 is 18.3 Å². The van der Waals surface area contributed by atoms with Crippen LogP contribution in [0.4, 0.5) is 0 Å². The van der Waals surface area contributed by atoms with Crippen LogP contribution in [0.2, 0.25) is 0 Å². The first kappa shape index (κ1) is 23.3. The molecule has 0 fully saturated rings. The number of carboxylic acid groups (broad SMARTS) is 2. The van der Waals surface area contributed by atoms with E-state index in [4.69, 9.17) is 14.6 Å². The summed E-state index contributed by atoms with van der Waals surface area (Å²) in [5.41, 5.74) is 1.83. The Hall–Kier alpha value is -4.41. The maximum absolute atomic E-state index is 13.3. The molecule has 0 radical (unpaired) electrons. The van der Waals surface area contributed by atoms with Gasteiger partial charge in [-0.2, -0.15) is 5.10 Å². The Kier molecular flexibility index (Phi) is 7.24. The van der Waals surface area contributed by atoms with Crippen molar-refractivity contribution in [1.29, 1.82) is 0 Å². The lowest BCUT2D eigenvalue weighted by atomic mass is 10.0. The smallest absolute Gasteiger partial charge is 0.356 e. The first-order valence-electron chi connectivity index (χ1n) is 9.90. The Morgan fingerprint density at radius 3 is 2.61 bits per heavy atom. The van der Waals surface area contributed by atoms with Crippen molar-refractivity contribution < 1.29 is 29.3 Å². The fraction of sp³-hybridized carbons (Fsp3) is 0.227. The Balaban J connectivity index is 0.000000968. The second kappa shape index (κ2) is 10.3. The van der Waals surface area contributed by atoms with E-state index in [1.165, 1.54) is 12.3 Å². The molecule has 0 saturated carbocycles. The van der Waals surface area contributed by atoms with E-state index in [0.717, 1.165) is 5.56 Å². The number of carbonyl (C=O) groups excluding carboxylic acids is 1. The summed E-state index contributed by atoms with van der Waals surface area (Å²) in [6, 6.07) is 10.7. The molecule has 4 rings (SSSR count). The molecule has 0 unspecified atom stereocenters. The quantitative estimate of drug-likeness (QED) is 0.487. The van der Waals surface area contributed by atoms with Crippen molar-refractivity contribution in [2.45, 2.75) is 19.6 Å². The van der Waals surface area contributed by atoms with E-state index in [9.17, 15) is 19.5 Å². The van der Waals surface area contributed by atoms with Gasteiger partial charge in [-0.05, 0) is 12.0 Å². The van der Waals surface area contributed by atoms with Crippen LogP contribution in [0.15, 0.2) is 47.4 Å². The highest BCUT2D eigenvalue weighted by molar-refractivity contribution is 5.95. The Labute approximate surface area is 187 Å². The molecule has 0 atom stereocenters. The van der Waals surface area contributed by atoms with Gasteiger partial charge in [0.15, 0.2) is 17.1 Å². The average Bonchev–Trinajstić information content (AvgIpc) is 3.24. The van der Waals surface area contributed by atoms with E-state index >= 15 is 0 Å². The number of fused-ring (bicyclic) bond motifs is 1. The van der Waals surface area contributed by atoms with Crippen LogP contribution in [-0.4, -0.2) is 54.8 Å². The lowest BCUT2D eigenvalue weighted by Crippen LogP contribution is -2.38. The number of nitrogens with one attached hydrogen (secondary N) is 1. The van der Waals surface area contributed by atoms with Crippen LogP contribution >= 0.6 is 0 Å². The highest BCUT2D eigenvalue weighted by Crippen LogP contribution is 2.24. The molecule has 33 heavy (non-hydrogen) atoms. The number of ether oxygens (including phenoxy) is 1. The Morgan fingerprint density at radius 2 is 1.94 bits per heavy atom. The van der Waals surface area contributed by atoms with Crippen LogP contribution < -0.4 is 10.2 Å². The van der Waals surface area contributed by atoms with Crippen LogP contribution in [0.5, 0.6) is 5.75 Å². The third kappa shape index (κ3) is 5.09. The topological polar surface area (TPSA) is 155 Å². The molecule has 1 aliphatic heterocycles. The number of aryl methyl sites for hydroxylation is 1. The summed E-state index contributed by atoms with van der Waals surface area (Å²) in [4.78, 5) is 47.0. The number of pyridine rings is 1. The molecular weight excluding hydrogens is 432 g/mol. The fourth-order valence-electron chi connectivity index (χ4n) is 3.54. The molecule has 11 heteroatoms. The first-order chi connectivity index (χ1) is 15.9. The van der Waals surface area contributed by atoms with E-state index in [1.54, 1.807) is 16.5 Å². The van der Waals surface area contributed by atoms with Crippen LogP contribution in [0.1, 0.15) is 37.8 Å². The number of H-pyrrole nitrogens is 1. The maximum atomic E-state index is 13.3. The Bertz CT molecular complexity index is 1220. The molecule has 11 nitrogen and oxygen atoms in total. The molecule has 3 N–H and O–H groups in total. The van der Waals surface area contributed by atoms with Gasteiger partial charge < -0.3 is 24.4 Å². The zero-order valence-corrected chi connectivity index (χ0v) is 17.7. The maximum Gasteiger partial charge on any atom is 0.356 e. The van der Waals surface area contributed by atoms with Crippen molar-refractivity contribution in [3.63, 3.8) is 0 Å². The van der Waals surface area contributed by atoms with Gasteiger partial charge in [-0.15, -0.1) is 0 Å². The molecule has 0 spiro atoms. The van der Waals surface area contributed by atoms with Gasteiger partial charge in [-0.3, -0.25) is 19.5 Å². The van der Waals surface area contributed by atoms with E-state index in [-0.39, 0.29) is 48.1 Å². The van der Waals surface area contributed by atoms with E-state index in [1.807, 2.05) is 30.3 Å². The average molecular weight is 454 g/mol. The standard InChI is InChI=1S/C21H20N4O5.CH2O2/c1-24-9-8-16(26)19(30-12-13-5-3-2-4-6-13)18(24)20(27)25-10-7-14-15(11-25)22-23-17(14)21(28)29;2-1-3/h2-6,8-9H,7,10-12H2,1H3,(H,22,23)(H,28,29);1H,(H,2,3). The molecule has 0 bridgehead atoms. The zero-order valence-electron chi connectivity index (χ0n) is 17.7. The number of aromatic carboxylic acids is 1. The van der Waals surface area contributed by atoms with Crippen LogP contribution in [-0.2, 0) is 31.4 Å². The summed E-state index contributed by atoms with van der Waals surface area (Å²) in [5, 5.41) is 22.7. The summed E-state index contributed by atoms with van der Waals surface area (Å²) in [7, 11) is 1.68. The van der Waals surface area contributed by atoms with Gasteiger partial charge in [0.1, 0.15) is 6.61 Å². The summed E-state index contributed by atoms with van der Waals surface area (Å²) in [6.07, 6.45) is 1.89. The van der Waals surface area contributed by atoms with Crippen LogP contribution in [0.3, 0.4) is 0 Å². The zero-order chi connectivity index (χ0) is 24.0. The largest absolute Gasteiger partial charge is 0.483 e. The van der Waals surface area contributed by atoms with Gasteiger partial charge in [0.2, 0.25) is 5.43 Å². The number of hydrogen-bond acceptors (Lipinski definition) is 6. The second-order valence-electron chi connectivity index (χ2n) is 7.16. The number of rotatable bonds is 5. The molecular formula is C22H22N4O7. The van der Waals surface area contributed by atoms with Crippen molar-refractivity contribution in [3.8, 4) is 5.75 Å². The molecule has 172 valence electrons. The van der Waals surface area contributed by atoms with Crippen LogP contribution in [0.25, 0.3) is 0 Å². The number of benzene rings is 1. The number of carboxylic acids is 1. The first-order valence-corrected chi connectivity index (χ1v) is 9.90. The summed E-state index contributed by atoms with van der Waals surface area (Å²) < 4.78 is 7.34. The van der Waals surface area contributed by atoms with Gasteiger partial charge in [0, 0.05) is 31.4 Å². The highest BCUT2D eigenvalue weighted by atomic mass is 16.5. The summed E-state index contributed by atoms with van der Waals surface area (Å²) >= 11 is 0. The molecule has 1 aromatic carbocycles. The van der Waals surface area contributed by atoms with Crippen molar-refractivity contribution in [3.05, 3.63) is 81.0 Å². The normalized spacial score (nSPS) is 12.2. The number of nitrogens with zero attached hydrogens (tertiary/aromatic N) is 3. The van der Waals surface area contributed by atoms with E-state index < -0.39 is 5.97 Å². The lowest BCUT2D eigenvalue weighted by Gasteiger charge is -2.28. The monoisotopic (exact) mass is 454 g/mol. The molecule has 3 aromatic rings. The second-order valence-corrected chi connectivity index (χ2v) is 7.16. The number of amides is 1. The van der Waals surface area contributed by atoms with Crippen molar-refractivity contribution in [2.75, 3.05) is 6.54 Å². The van der Waals surface area contributed by atoms with Gasteiger partial charge in [-0.25, -0.2) is 4.79 Å². The lowest BCUT2D eigenvalue weighted by molar-refractivity contribution is -0.122.